The number of esters is 2. The highest BCUT2D eigenvalue weighted by molar-refractivity contribution is 5.74. The predicted molar refractivity (Wildman–Crippen MR) is 146 cm³/mol. The molecule has 0 spiro atoms. The Morgan fingerprint density at radius 3 is 1.65 bits per heavy atom. The molecule has 0 amide bonds. The molecule has 3 N–H and O–H groups in total. The summed E-state index contributed by atoms with van der Waals surface area (Å²) in [7, 11) is 3.72. The van der Waals surface area contributed by atoms with Crippen LogP contribution in [0.4, 0.5) is 31.5 Å². The molecule has 2 aliphatic heterocycles. The Kier molecular flexibility index (Phi) is 12.5. The standard InChI is InChI=1S/C13H15FN2O4.C13H17FN2O2.CH4O/c1-20-13(17)9-5-7-15(8-6-9)12-10(14)3-2-4-11(12)16(18)19;1-18-13(17)9-5-7-16(8-6-9)12-10(14)3-2-4-11(12)15;1-2/h2-4,9H,5-8H2,1H3;2-4,9H,5-8,15H2,1H3;2H,1H3. The summed E-state index contributed by atoms with van der Waals surface area (Å²) >= 11 is 0. The molecule has 0 saturated carbocycles. The highest BCUT2D eigenvalue weighted by atomic mass is 19.1. The van der Waals surface area contributed by atoms with E-state index in [0.717, 1.165) is 7.11 Å². The summed E-state index contributed by atoms with van der Waals surface area (Å²) in [4.78, 5) is 36.7. The van der Waals surface area contributed by atoms with Gasteiger partial charge in [0.15, 0.2) is 11.5 Å². The van der Waals surface area contributed by atoms with E-state index in [1.165, 1.54) is 38.5 Å². The zero-order valence-electron chi connectivity index (χ0n) is 22.8. The average Bonchev–Trinajstić information content (AvgIpc) is 2.98. The number of ether oxygens (including phenoxy) is 2. The highest BCUT2D eigenvalue weighted by Crippen LogP contribution is 2.34. The maximum Gasteiger partial charge on any atom is 0.308 e. The summed E-state index contributed by atoms with van der Waals surface area (Å²) in [6, 6.07) is 8.48. The molecule has 40 heavy (non-hydrogen) atoms. The molecular weight excluding hydrogens is 530 g/mol. The number of aliphatic hydroxyl groups is 1. The third-order valence-electron chi connectivity index (χ3n) is 6.87. The van der Waals surface area contributed by atoms with Crippen LogP contribution in [0.5, 0.6) is 0 Å². The van der Waals surface area contributed by atoms with Crippen molar-refractivity contribution in [2.24, 2.45) is 11.8 Å². The van der Waals surface area contributed by atoms with Gasteiger partial charge in [-0.3, -0.25) is 19.7 Å². The summed E-state index contributed by atoms with van der Waals surface area (Å²) < 4.78 is 37.0. The summed E-state index contributed by atoms with van der Waals surface area (Å²) in [5, 5.41) is 18.0. The summed E-state index contributed by atoms with van der Waals surface area (Å²) in [5.41, 5.74) is 6.43. The Morgan fingerprint density at radius 1 is 0.850 bits per heavy atom. The van der Waals surface area contributed by atoms with Crippen LogP contribution in [0.15, 0.2) is 36.4 Å². The van der Waals surface area contributed by atoms with Crippen LogP contribution in [-0.2, 0) is 19.1 Å². The third kappa shape index (κ3) is 8.01. The third-order valence-corrected chi connectivity index (χ3v) is 6.87. The Hall–Kier alpha value is -4.00. The van der Waals surface area contributed by atoms with Crippen LogP contribution in [0.25, 0.3) is 0 Å². The number of anilines is 3. The van der Waals surface area contributed by atoms with Crippen molar-refractivity contribution in [3.63, 3.8) is 0 Å². The number of para-hydroxylation sites is 2. The molecule has 4 rings (SSSR count). The molecule has 0 aliphatic carbocycles. The molecule has 0 aromatic heterocycles. The SMILES string of the molecule is CO.COC(=O)C1CCN(c2c(F)cccc2[N+](=O)[O-])CC1.COC(=O)C1CCN(c2c(N)cccc2F)CC1. The molecule has 220 valence electrons. The van der Waals surface area contributed by atoms with Gasteiger partial charge in [-0.25, -0.2) is 8.78 Å². The van der Waals surface area contributed by atoms with Gasteiger partial charge in [-0.2, -0.15) is 0 Å². The zero-order valence-corrected chi connectivity index (χ0v) is 22.8. The lowest BCUT2D eigenvalue weighted by atomic mass is 9.96. The van der Waals surface area contributed by atoms with Crippen molar-refractivity contribution >= 4 is 34.7 Å². The number of carbonyl (C=O) groups is 2. The number of methoxy groups -OCH3 is 2. The van der Waals surface area contributed by atoms with E-state index in [-0.39, 0.29) is 41.0 Å². The Labute approximate surface area is 231 Å². The van der Waals surface area contributed by atoms with E-state index >= 15 is 0 Å². The van der Waals surface area contributed by atoms with Gasteiger partial charge in [0.2, 0.25) is 0 Å². The van der Waals surface area contributed by atoms with Gasteiger partial charge >= 0.3 is 11.9 Å². The first-order valence-electron chi connectivity index (χ1n) is 12.7. The maximum absolute atomic E-state index is 13.9. The molecule has 2 aliphatic rings. The van der Waals surface area contributed by atoms with Gasteiger partial charge in [0.1, 0.15) is 5.82 Å². The Bertz CT molecular complexity index is 1130. The van der Waals surface area contributed by atoms with Crippen molar-refractivity contribution in [2.75, 3.05) is 63.0 Å². The molecule has 2 saturated heterocycles. The molecule has 11 nitrogen and oxygen atoms in total. The molecule has 2 aromatic carbocycles. The van der Waals surface area contributed by atoms with E-state index in [4.69, 9.17) is 15.6 Å². The number of halogens is 2. The molecule has 0 radical (unpaired) electrons. The number of nitrogens with two attached hydrogens (primary N) is 1. The molecule has 0 unspecified atom stereocenters. The minimum absolute atomic E-state index is 0.000755. The number of rotatable bonds is 5. The first kappa shape index (κ1) is 32.2. The predicted octanol–water partition coefficient (Wildman–Crippen LogP) is 3.53. The molecule has 2 fully saturated rings. The first-order valence-corrected chi connectivity index (χ1v) is 12.7. The van der Waals surface area contributed by atoms with E-state index < -0.39 is 10.7 Å². The minimum Gasteiger partial charge on any atom is -0.469 e. The number of nitrogen functional groups attached to an aromatic ring is 1. The Balaban J connectivity index is 0.000000265. The van der Waals surface area contributed by atoms with E-state index in [2.05, 4.69) is 4.74 Å². The van der Waals surface area contributed by atoms with Crippen molar-refractivity contribution in [1.29, 1.82) is 0 Å². The van der Waals surface area contributed by atoms with Crippen LogP contribution in [0.2, 0.25) is 0 Å². The van der Waals surface area contributed by atoms with E-state index in [0.29, 0.717) is 63.2 Å². The van der Waals surface area contributed by atoms with Crippen molar-refractivity contribution in [2.45, 2.75) is 25.7 Å². The number of piperidine rings is 2. The van der Waals surface area contributed by atoms with Gasteiger partial charge in [0.25, 0.3) is 5.69 Å². The van der Waals surface area contributed by atoms with Gasteiger partial charge in [-0.1, -0.05) is 12.1 Å². The number of aliphatic hydroxyl groups excluding tert-OH is 1. The topological polar surface area (TPSA) is 148 Å². The lowest BCUT2D eigenvalue weighted by Gasteiger charge is -2.33. The lowest BCUT2D eigenvalue weighted by Crippen LogP contribution is -2.37. The second-order valence-electron chi connectivity index (χ2n) is 9.11. The van der Waals surface area contributed by atoms with Gasteiger partial charge in [0.05, 0.1) is 42.4 Å². The van der Waals surface area contributed by atoms with Crippen LogP contribution in [0.3, 0.4) is 0 Å². The van der Waals surface area contributed by atoms with Crippen molar-refractivity contribution < 1.29 is 37.9 Å². The van der Waals surface area contributed by atoms with Crippen LogP contribution >= 0.6 is 0 Å². The molecule has 2 heterocycles. The lowest BCUT2D eigenvalue weighted by molar-refractivity contribution is -0.384. The maximum atomic E-state index is 13.9. The summed E-state index contributed by atoms with van der Waals surface area (Å²) in [6.07, 6.45) is 2.33. The average molecular weight is 567 g/mol. The summed E-state index contributed by atoms with van der Waals surface area (Å²) in [6.45, 7) is 2.01. The largest absolute Gasteiger partial charge is 0.469 e. The quantitative estimate of drug-likeness (QED) is 0.238. The highest BCUT2D eigenvalue weighted by Gasteiger charge is 2.31. The van der Waals surface area contributed by atoms with E-state index in [1.807, 2.05) is 4.90 Å². The first-order chi connectivity index (χ1) is 19.2. The smallest absolute Gasteiger partial charge is 0.308 e. The molecular formula is C27H36F2N4O7. The van der Waals surface area contributed by atoms with Crippen molar-refractivity contribution in [1.82, 2.24) is 0 Å². The zero-order chi connectivity index (χ0) is 29.8. The minimum atomic E-state index is -0.615. The van der Waals surface area contributed by atoms with Gasteiger partial charge in [-0.05, 0) is 43.9 Å². The van der Waals surface area contributed by atoms with Crippen molar-refractivity contribution in [3.8, 4) is 0 Å². The van der Waals surface area contributed by atoms with Gasteiger partial charge in [0, 0.05) is 39.4 Å². The number of nitro groups is 1. The van der Waals surface area contributed by atoms with E-state index in [1.54, 1.807) is 17.0 Å². The molecule has 0 bridgehead atoms. The van der Waals surface area contributed by atoms with E-state index in [9.17, 15) is 28.5 Å². The summed E-state index contributed by atoms with van der Waals surface area (Å²) in [5.74, 6) is -1.70. The van der Waals surface area contributed by atoms with Crippen LogP contribution < -0.4 is 15.5 Å². The second-order valence-corrected chi connectivity index (χ2v) is 9.11. The van der Waals surface area contributed by atoms with Crippen LogP contribution in [0.1, 0.15) is 25.7 Å². The Morgan fingerprint density at radius 2 is 1.25 bits per heavy atom. The number of nitro benzene ring substituents is 1. The van der Waals surface area contributed by atoms with Crippen molar-refractivity contribution in [3.05, 3.63) is 58.1 Å². The molecule has 0 atom stereocenters. The number of benzene rings is 2. The van der Waals surface area contributed by atoms with Crippen LogP contribution in [-0.4, -0.2) is 69.5 Å². The molecule has 2 aromatic rings. The van der Waals surface area contributed by atoms with Gasteiger partial charge in [-0.15, -0.1) is 0 Å². The van der Waals surface area contributed by atoms with Gasteiger partial charge < -0.3 is 30.1 Å². The van der Waals surface area contributed by atoms with Crippen LogP contribution in [0, 0.1) is 33.6 Å². The number of hydrogen-bond acceptors (Lipinski definition) is 10. The monoisotopic (exact) mass is 566 g/mol. The number of nitrogens with zero attached hydrogens (tertiary/aromatic N) is 3. The number of carbonyl (C=O) groups excluding carboxylic acids is 2. The normalized spacial score (nSPS) is 15.7. The fourth-order valence-corrected chi connectivity index (χ4v) is 4.84. The fourth-order valence-electron chi connectivity index (χ4n) is 4.84. The fraction of sp³-hybridized carbons (Fsp3) is 0.481. The number of hydrogen-bond donors (Lipinski definition) is 2. The second kappa shape index (κ2) is 15.6. The molecule has 13 heteroatoms.